The number of hydrogen-bond donors (Lipinski definition) is 1. The van der Waals surface area contributed by atoms with Crippen LogP contribution in [0, 0.1) is 11.3 Å². The van der Waals surface area contributed by atoms with Crippen LogP contribution in [0.5, 0.6) is 0 Å². The zero-order valence-electron chi connectivity index (χ0n) is 10.9. The van der Waals surface area contributed by atoms with Crippen LogP contribution in [-0.4, -0.2) is 12.6 Å². The second-order valence-corrected chi connectivity index (χ2v) is 6.22. The molecule has 1 heteroatoms. The number of rotatable bonds is 0. The average molecular weight is 219 g/mol. The van der Waals surface area contributed by atoms with Crippen LogP contribution in [0.2, 0.25) is 0 Å². The predicted octanol–water partition coefficient (Wildman–Crippen LogP) is 3.68. The van der Waals surface area contributed by atoms with Gasteiger partial charge in [-0.1, -0.05) is 51.8 Å². The van der Waals surface area contributed by atoms with Gasteiger partial charge in [0.05, 0.1) is 0 Å². The predicted molar refractivity (Wildman–Crippen MR) is 70.4 cm³/mol. The summed E-state index contributed by atoms with van der Waals surface area (Å²) in [7, 11) is 0. The summed E-state index contributed by atoms with van der Waals surface area (Å²) in [6.45, 7) is 8.10. The van der Waals surface area contributed by atoms with Gasteiger partial charge in [-0.3, -0.25) is 0 Å². The van der Waals surface area contributed by atoms with E-state index in [0.29, 0.717) is 11.5 Å². The lowest BCUT2D eigenvalue weighted by molar-refractivity contribution is 0.381. The molecule has 16 heavy (non-hydrogen) atoms. The molecule has 1 heterocycles. The van der Waals surface area contributed by atoms with Crippen LogP contribution in [0.3, 0.4) is 0 Å². The van der Waals surface area contributed by atoms with Crippen LogP contribution < -0.4 is 5.32 Å². The number of hydrogen-bond acceptors (Lipinski definition) is 1. The monoisotopic (exact) mass is 219 g/mol. The molecule has 2 rings (SSSR count). The second kappa shape index (κ2) is 4.75. The van der Waals surface area contributed by atoms with E-state index in [1.807, 2.05) is 0 Å². The molecule has 1 aliphatic heterocycles. The Morgan fingerprint density at radius 2 is 2.00 bits per heavy atom. The molecule has 0 aromatic heterocycles. The zero-order valence-corrected chi connectivity index (χ0v) is 10.9. The lowest BCUT2D eigenvalue weighted by atomic mass is 9.78. The van der Waals surface area contributed by atoms with Crippen molar-refractivity contribution in [3.63, 3.8) is 0 Å². The summed E-state index contributed by atoms with van der Waals surface area (Å²) in [6.07, 6.45) is 12.7. The lowest BCUT2D eigenvalue weighted by Gasteiger charge is -2.32. The fourth-order valence-electron chi connectivity index (χ4n) is 2.67. The maximum absolute atomic E-state index is 3.66. The zero-order chi connectivity index (χ0) is 11.6. The van der Waals surface area contributed by atoms with Crippen molar-refractivity contribution in [2.45, 2.75) is 52.5 Å². The molecule has 1 aliphatic carbocycles. The van der Waals surface area contributed by atoms with Crippen molar-refractivity contribution in [2.24, 2.45) is 11.3 Å². The van der Waals surface area contributed by atoms with Crippen molar-refractivity contribution in [2.75, 3.05) is 6.54 Å². The van der Waals surface area contributed by atoms with Crippen molar-refractivity contribution in [3.8, 4) is 0 Å². The fraction of sp³-hybridized carbons (Fsp3) is 0.733. The highest BCUT2D eigenvalue weighted by molar-refractivity contribution is 5.31. The van der Waals surface area contributed by atoms with E-state index in [0.717, 1.165) is 5.92 Å². The highest BCUT2D eigenvalue weighted by atomic mass is 14.9. The molecule has 0 bridgehead atoms. The van der Waals surface area contributed by atoms with E-state index in [-0.39, 0.29) is 0 Å². The van der Waals surface area contributed by atoms with E-state index >= 15 is 0 Å². The molecule has 1 fully saturated rings. The van der Waals surface area contributed by atoms with E-state index in [4.69, 9.17) is 0 Å². The molecule has 2 aliphatic rings. The highest BCUT2D eigenvalue weighted by Crippen LogP contribution is 2.33. The van der Waals surface area contributed by atoms with Crippen LogP contribution in [0.1, 0.15) is 46.5 Å². The van der Waals surface area contributed by atoms with Gasteiger partial charge in [0.2, 0.25) is 0 Å². The molecular weight excluding hydrogens is 194 g/mol. The molecule has 0 saturated carbocycles. The largest absolute Gasteiger partial charge is 0.310 e. The van der Waals surface area contributed by atoms with E-state index in [2.05, 4.69) is 44.3 Å². The van der Waals surface area contributed by atoms with Gasteiger partial charge in [-0.15, -0.1) is 0 Å². The van der Waals surface area contributed by atoms with E-state index in [1.54, 1.807) is 0 Å². The molecular formula is C15H25N. The summed E-state index contributed by atoms with van der Waals surface area (Å²) >= 11 is 0. The maximum Gasteiger partial charge on any atom is 0.0316 e. The smallest absolute Gasteiger partial charge is 0.0316 e. The topological polar surface area (TPSA) is 12.0 Å². The fourth-order valence-corrected chi connectivity index (χ4v) is 2.67. The van der Waals surface area contributed by atoms with Crippen molar-refractivity contribution in [3.05, 3.63) is 23.8 Å². The quantitative estimate of drug-likeness (QED) is 0.655. The van der Waals surface area contributed by atoms with Gasteiger partial charge in [-0.05, 0) is 36.3 Å². The SMILES string of the molecule is CC(C)(C)C1=CC2CCCCCNC2C=C1. The highest BCUT2D eigenvalue weighted by Gasteiger charge is 2.25. The number of allylic oxidation sites excluding steroid dienone is 2. The van der Waals surface area contributed by atoms with Crippen molar-refractivity contribution < 1.29 is 0 Å². The van der Waals surface area contributed by atoms with Gasteiger partial charge in [0.15, 0.2) is 0 Å². The van der Waals surface area contributed by atoms with Gasteiger partial charge in [-0.25, -0.2) is 0 Å². The summed E-state index contributed by atoms with van der Waals surface area (Å²) in [5.41, 5.74) is 1.81. The molecule has 2 unspecified atom stereocenters. The van der Waals surface area contributed by atoms with Crippen LogP contribution >= 0.6 is 0 Å². The Hall–Kier alpha value is -0.560. The van der Waals surface area contributed by atoms with Gasteiger partial charge in [0.1, 0.15) is 0 Å². The van der Waals surface area contributed by atoms with Crippen LogP contribution in [0.15, 0.2) is 23.8 Å². The third-order valence-electron chi connectivity index (χ3n) is 3.80. The first-order valence-electron chi connectivity index (χ1n) is 6.71. The normalized spacial score (nSPS) is 31.3. The van der Waals surface area contributed by atoms with Crippen LogP contribution in [0.25, 0.3) is 0 Å². The molecule has 1 nitrogen and oxygen atoms in total. The Bertz CT molecular complexity index is 293. The third-order valence-corrected chi connectivity index (χ3v) is 3.80. The molecule has 0 spiro atoms. The molecule has 1 saturated heterocycles. The minimum atomic E-state index is 0.295. The Balaban J connectivity index is 2.12. The molecule has 0 radical (unpaired) electrons. The minimum absolute atomic E-state index is 0.295. The molecule has 0 aromatic carbocycles. The first-order valence-corrected chi connectivity index (χ1v) is 6.71. The van der Waals surface area contributed by atoms with E-state index in [1.165, 1.54) is 37.8 Å². The molecule has 90 valence electrons. The Morgan fingerprint density at radius 1 is 1.19 bits per heavy atom. The first kappa shape index (κ1) is 11.9. The van der Waals surface area contributed by atoms with Gasteiger partial charge in [-0.2, -0.15) is 0 Å². The summed E-state index contributed by atoms with van der Waals surface area (Å²) in [5.74, 6) is 0.722. The number of nitrogens with one attached hydrogen (secondary N) is 1. The second-order valence-electron chi connectivity index (χ2n) is 6.22. The Morgan fingerprint density at radius 3 is 2.75 bits per heavy atom. The van der Waals surface area contributed by atoms with Crippen molar-refractivity contribution in [1.29, 1.82) is 0 Å². The third kappa shape index (κ3) is 2.76. The summed E-state index contributed by atoms with van der Waals surface area (Å²) in [5, 5.41) is 3.66. The van der Waals surface area contributed by atoms with Gasteiger partial charge in [0.25, 0.3) is 0 Å². The first-order chi connectivity index (χ1) is 7.57. The molecule has 0 aromatic rings. The molecule has 1 N–H and O–H groups in total. The number of fused-ring (bicyclic) bond motifs is 1. The van der Waals surface area contributed by atoms with E-state index < -0.39 is 0 Å². The van der Waals surface area contributed by atoms with Gasteiger partial charge < -0.3 is 5.32 Å². The van der Waals surface area contributed by atoms with Crippen molar-refractivity contribution >= 4 is 0 Å². The lowest BCUT2D eigenvalue weighted by Crippen LogP contribution is -2.37. The van der Waals surface area contributed by atoms with Crippen LogP contribution in [0.4, 0.5) is 0 Å². The minimum Gasteiger partial charge on any atom is -0.310 e. The van der Waals surface area contributed by atoms with Gasteiger partial charge >= 0.3 is 0 Å². The van der Waals surface area contributed by atoms with Crippen molar-refractivity contribution in [1.82, 2.24) is 5.32 Å². The summed E-state index contributed by atoms with van der Waals surface area (Å²) in [4.78, 5) is 0. The summed E-state index contributed by atoms with van der Waals surface area (Å²) < 4.78 is 0. The average Bonchev–Trinajstić information content (AvgIpc) is 2.16. The van der Waals surface area contributed by atoms with Gasteiger partial charge in [0, 0.05) is 6.04 Å². The van der Waals surface area contributed by atoms with E-state index in [9.17, 15) is 0 Å². The summed E-state index contributed by atoms with van der Waals surface area (Å²) in [6, 6.07) is 0.589. The standard InChI is InChI=1S/C15H25N/c1-15(2,3)13-8-9-14-12(11-13)7-5-4-6-10-16-14/h8-9,11-12,14,16H,4-7,10H2,1-3H3. The molecule has 0 amide bonds. The van der Waals surface area contributed by atoms with Crippen LogP contribution in [-0.2, 0) is 0 Å². The Labute approximate surface area is 100 Å². The Kier molecular flexibility index (Phi) is 3.53. The maximum atomic E-state index is 3.66. The molecule has 2 atom stereocenters.